The van der Waals surface area contributed by atoms with Gasteiger partial charge in [-0.25, -0.2) is 9.18 Å². The predicted molar refractivity (Wildman–Crippen MR) is 99.5 cm³/mol. The lowest BCUT2D eigenvalue weighted by molar-refractivity contribution is -0.130. The number of nitrogens with one attached hydrogen (secondary N) is 2. The van der Waals surface area contributed by atoms with E-state index in [0.717, 1.165) is 12.8 Å². The maximum Gasteiger partial charge on any atom is 0.317 e. The molecule has 0 aliphatic carbocycles. The molecule has 7 heteroatoms. The lowest BCUT2D eigenvalue weighted by Gasteiger charge is -2.37. The van der Waals surface area contributed by atoms with Gasteiger partial charge in [-0.1, -0.05) is 12.1 Å². The molecule has 148 valence electrons. The van der Waals surface area contributed by atoms with Crippen LogP contribution in [-0.4, -0.2) is 49.2 Å². The molecule has 2 saturated heterocycles. The van der Waals surface area contributed by atoms with Gasteiger partial charge >= 0.3 is 6.03 Å². The van der Waals surface area contributed by atoms with Crippen molar-refractivity contribution in [1.82, 2.24) is 15.5 Å². The quantitative estimate of drug-likeness (QED) is 0.846. The summed E-state index contributed by atoms with van der Waals surface area (Å²) in [5.41, 5.74) is 0.477. The van der Waals surface area contributed by atoms with Gasteiger partial charge in [-0.2, -0.15) is 0 Å². The van der Waals surface area contributed by atoms with Gasteiger partial charge in [0.25, 0.3) is 0 Å². The molecule has 0 bridgehead atoms. The molecule has 1 aromatic rings. The Bertz CT molecular complexity index is 689. The van der Waals surface area contributed by atoms with Gasteiger partial charge in [-0.05, 0) is 44.4 Å². The van der Waals surface area contributed by atoms with E-state index in [4.69, 9.17) is 4.74 Å². The summed E-state index contributed by atoms with van der Waals surface area (Å²) in [6.45, 7) is 6.30. The number of nitrogens with zero attached hydrogens (tertiary/aromatic N) is 1. The molecule has 2 heterocycles. The number of ether oxygens (including phenoxy) is 1. The van der Waals surface area contributed by atoms with E-state index in [0.29, 0.717) is 31.9 Å². The standard InChI is InChI=1S/C20H28FN3O3/c1-14(2)23-18(25)17-12-24(13-20(17)6-8-27-9-7-20)19(26)22-11-15-4-3-5-16(21)10-15/h3-5,10,14,17H,6-9,11-13H2,1-2H3,(H,22,26)(H,23,25)/t17-/m0/s1. The molecular weight excluding hydrogens is 349 g/mol. The average molecular weight is 377 g/mol. The third kappa shape index (κ3) is 4.58. The summed E-state index contributed by atoms with van der Waals surface area (Å²) in [6.07, 6.45) is 1.55. The number of rotatable bonds is 4. The summed E-state index contributed by atoms with van der Waals surface area (Å²) < 4.78 is 18.8. The smallest absolute Gasteiger partial charge is 0.317 e. The summed E-state index contributed by atoms with van der Waals surface area (Å²) in [6, 6.07) is 6.01. The molecule has 2 aliphatic heterocycles. The topological polar surface area (TPSA) is 70.7 Å². The molecule has 3 amide bonds. The van der Waals surface area contributed by atoms with Crippen LogP contribution in [0.4, 0.5) is 9.18 Å². The molecule has 0 saturated carbocycles. The molecule has 0 aromatic heterocycles. The van der Waals surface area contributed by atoms with Crippen LogP contribution in [-0.2, 0) is 16.1 Å². The van der Waals surface area contributed by atoms with Crippen molar-refractivity contribution in [1.29, 1.82) is 0 Å². The molecule has 2 fully saturated rings. The first-order valence-electron chi connectivity index (χ1n) is 9.55. The lowest BCUT2D eigenvalue weighted by atomic mass is 9.71. The van der Waals surface area contributed by atoms with Crippen LogP contribution >= 0.6 is 0 Å². The molecule has 0 radical (unpaired) electrons. The number of likely N-dealkylation sites (tertiary alicyclic amines) is 1. The monoisotopic (exact) mass is 377 g/mol. The lowest BCUT2D eigenvalue weighted by Crippen LogP contribution is -2.46. The number of benzene rings is 1. The van der Waals surface area contributed by atoms with Crippen LogP contribution in [0.1, 0.15) is 32.3 Å². The Morgan fingerprint density at radius 3 is 2.74 bits per heavy atom. The van der Waals surface area contributed by atoms with Crippen LogP contribution in [0, 0.1) is 17.2 Å². The number of hydrogen-bond donors (Lipinski definition) is 2. The molecule has 1 atom stereocenters. The number of halogens is 1. The van der Waals surface area contributed by atoms with Crippen molar-refractivity contribution >= 4 is 11.9 Å². The number of carbonyl (C=O) groups excluding carboxylic acids is 2. The second-order valence-electron chi connectivity index (χ2n) is 7.86. The highest BCUT2D eigenvalue weighted by molar-refractivity contribution is 5.83. The summed E-state index contributed by atoms with van der Waals surface area (Å²) >= 11 is 0. The van der Waals surface area contributed by atoms with Gasteiger partial charge in [0.2, 0.25) is 5.91 Å². The molecular formula is C20H28FN3O3. The van der Waals surface area contributed by atoms with Gasteiger partial charge in [0.1, 0.15) is 5.82 Å². The Hall–Kier alpha value is -2.15. The number of carbonyl (C=O) groups is 2. The SMILES string of the molecule is CC(C)NC(=O)[C@@H]1CN(C(=O)NCc2cccc(F)c2)CC12CCOCC2. The zero-order chi connectivity index (χ0) is 19.4. The summed E-state index contributed by atoms with van der Waals surface area (Å²) in [7, 11) is 0. The first kappa shape index (κ1) is 19.6. The van der Waals surface area contributed by atoms with E-state index >= 15 is 0 Å². The number of amides is 3. The van der Waals surface area contributed by atoms with Crippen LogP contribution in [0.25, 0.3) is 0 Å². The van der Waals surface area contributed by atoms with Crippen molar-refractivity contribution in [2.45, 2.75) is 39.3 Å². The molecule has 1 spiro atoms. The van der Waals surface area contributed by atoms with Gasteiger partial charge in [0.15, 0.2) is 0 Å². The minimum absolute atomic E-state index is 0.00679. The Morgan fingerprint density at radius 1 is 1.33 bits per heavy atom. The van der Waals surface area contributed by atoms with Gasteiger partial charge in [0.05, 0.1) is 5.92 Å². The van der Waals surface area contributed by atoms with Crippen molar-refractivity contribution in [2.24, 2.45) is 11.3 Å². The molecule has 2 N–H and O–H groups in total. The van der Waals surface area contributed by atoms with Crippen molar-refractivity contribution in [3.63, 3.8) is 0 Å². The van der Waals surface area contributed by atoms with Gasteiger partial charge in [0, 0.05) is 44.3 Å². The van der Waals surface area contributed by atoms with E-state index in [1.54, 1.807) is 17.0 Å². The molecule has 2 aliphatic rings. The summed E-state index contributed by atoms with van der Waals surface area (Å²) in [4.78, 5) is 27.2. The van der Waals surface area contributed by atoms with E-state index in [1.165, 1.54) is 12.1 Å². The first-order valence-corrected chi connectivity index (χ1v) is 9.55. The van der Waals surface area contributed by atoms with Crippen molar-refractivity contribution < 1.29 is 18.7 Å². The molecule has 3 rings (SSSR count). The molecule has 27 heavy (non-hydrogen) atoms. The van der Waals surface area contributed by atoms with E-state index in [1.807, 2.05) is 13.8 Å². The Kier molecular flexibility index (Phi) is 5.99. The number of hydrogen-bond acceptors (Lipinski definition) is 3. The van der Waals surface area contributed by atoms with Crippen LogP contribution in [0.15, 0.2) is 24.3 Å². The fourth-order valence-electron chi connectivity index (χ4n) is 4.09. The van der Waals surface area contributed by atoms with Crippen molar-refractivity contribution in [3.8, 4) is 0 Å². The largest absolute Gasteiger partial charge is 0.381 e. The number of urea groups is 1. The van der Waals surface area contributed by atoms with E-state index in [9.17, 15) is 14.0 Å². The second-order valence-corrected chi connectivity index (χ2v) is 7.86. The van der Waals surface area contributed by atoms with Gasteiger partial charge in [-0.3, -0.25) is 4.79 Å². The maximum atomic E-state index is 13.3. The van der Waals surface area contributed by atoms with Crippen molar-refractivity contribution in [3.05, 3.63) is 35.6 Å². The second kappa shape index (κ2) is 8.25. The highest BCUT2D eigenvalue weighted by Crippen LogP contribution is 2.44. The fourth-order valence-corrected chi connectivity index (χ4v) is 4.09. The Balaban J connectivity index is 1.67. The summed E-state index contributed by atoms with van der Waals surface area (Å²) in [5.74, 6) is -0.550. The van der Waals surface area contributed by atoms with Crippen LogP contribution in [0.5, 0.6) is 0 Å². The van der Waals surface area contributed by atoms with E-state index in [-0.39, 0.29) is 41.7 Å². The normalized spacial score (nSPS) is 21.5. The van der Waals surface area contributed by atoms with E-state index < -0.39 is 0 Å². The fraction of sp³-hybridized carbons (Fsp3) is 0.600. The Morgan fingerprint density at radius 2 is 2.07 bits per heavy atom. The van der Waals surface area contributed by atoms with E-state index in [2.05, 4.69) is 10.6 Å². The van der Waals surface area contributed by atoms with Crippen LogP contribution in [0.2, 0.25) is 0 Å². The third-order valence-corrected chi connectivity index (χ3v) is 5.50. The highest BCUT2D eigenvalue weighted by Gasteiger charge is 2.51. The van der Waals surface area contributed by atoms with Crippen molar-refractivity contribution in [2.75, 3.05) is 26.3 Å². The van der Waals surface area contributed by atoms with Gasteiger partial charge < -0.3 is 20.3 Å². The Labute approximate surface area is 159 Å². The zero-order valence-electron chi connectivity index (χ0n) is 16.0. The minimum Gasteiger partial charge on any atom is -0.381 e. The summed E-state index contributed by atoms with van der Waals surface area (Å²) in [5, 5.41) is 5.85. The zero-order valence-corrected chi connectivity index (χ0v) is 16.0. The maximum absolute atomic E-state index is 13.3. The van der Waals surface area contributed by atoms with Crippen LogP contribution < -0.4 is 10.6 Å². The third-order valence-electron chi connectivity index (χ3n) is 5.50. The van der Waals surface area contributed by atoms with Crippen LogP contribution in [0.3, 0.4) is 0 Å². The first-order chi connectivity index (χ1) is 12.9. The minimum atomic E-state index is -0.325. The molecule has 6 nitrogen and oxygen atoms in total. The molecule has 0 unspecified atom stereocenters. The van der Waals surface area contributed by atoms with Gasteiger partial charge in [-0.15, -0.1) is 0 Å². The highest BCUT2D eigenvalue weighted by atomic mass is 19.1. The average Bonchev–Trinajstić information content (AvgIpc) is 2.99. The predicted octanol–water partition coefficient (Wildman–Crippen LogP) is 2.29. The molecule has 1 aromatic carbocycles.